The molecule has 13 heavy (non-hydrogen) atoms. The maximum absolute atomic E-state index is 11.2. The third-order valence-corrected chi connectivity index (χ3v) is 2.56. The first-order valence-electron chi connectivity index (χ1n) is 3.52. The fourth-order valence-electron chi connectivity index (χ4n) is 0.790. The molecule has 0 aromatic heterocycles. The molecule has 0 aliphatic carbocycles. The predicted octanol–water partition coefficient (Wildman–Crippen LogP) is 0.938. The summed E-state index contributed by atoms with van der Waals surface area (Å²) < 4.78 is 26.6. The third kappa shape index (κ3) is 2.55. The van der Waals surface area contributed by atoms with Crippen LogP contribution < -0.4 is 0 Å². The number of rotatable bonds is 2. The highest BCUT2D eigenvalue weighted by Crippen LogP contribution is 2.10. The maximum Gasteiger partial charge on any atom is 0.341 e. The number of hydrogen-bond donors (Lipinski definition) is 0. The number of benzene rings is 1. The molecular weight excluding hydrogens is 192 g/mol. The Labute approximate surface area is 76.3 Å². The van der Waals surface area contributed by atoms with Gasteiger partial charge in [-0.15, -0.1) is 0 Å². The lowest BCUT2D eigenvalue weighted by Gasteiger charge is -2.01. The molecule has 0 bridgehead atoms. The van der Waals surface area contributed by atoms with E-state index >= 15 is 0 Å². The Morgan fingerprint density at radius 2 is 1.77 bits per heavy atom. The summed E-state index contributed by atoms with van der Waals surface area (Å²) in [5.41, 5.74) is 0. The minimum atomic E-state index is -3.91. The minimum Gasteiger partial charge on any atom is -0.343 e. The molecule has 1 aromatic carbocycles. The van der Waals surface area contributed by atoms with Crippen LogP contribution in [0.25, 0.3) is 0 Å². The zero-order chi connectivity index (χ0) is 9.90. The Hall–Kier alpha value is -1.36. The average Bonchev–Trinajstić information content (AvgIpc) is 2.04. The van der Waals surface area contributed by atoms with Crippen LogP contribution in [-0.2, 0) is 19.1 Å². The van der Waals surface area contributed by atoms with E-state index in [1.807, 2.05) is 0 Å². The summed E-state index contributed by atoms with van der Waals surface area (Å²) in [5, 5.41) is 0. The molecule has 0 saturated heterocycles. The largest absolute Gasteiger partial charge is 0.343 e. The summed E-state index contributed by atoms with van der Waals surface area (Å²) in [6, 6.07) is 7.50. The first kappa shape index (κ1) is 9.73. The van der Waals surface area contributed by atoms with E-state index in [0.29, 0.717) is 0 Å². The molecule has 0 aliphatic heterocycles. The van der Waals surface area contributed by atoms with Crippen LogP contribution in [0.1, 0.15) is 6.92 Å². The van der Waals surface area contributed by atoms with E-state index in [9.17, 15) is 13.2 Å². The molecule has 70 valence electrons. The third-order valence-electron chi connectivity index (χ3n) is 1.26. The van der Waals surface area contributed by atoms with Gasteiger partial charge in [0, 0.05) is 6.92 Å². The fraction of sp³-hybridized carbons (Fsp3) is 0.125. The van der Waals surface area contributed by atoms with Gasteiger partial charge in [0.2, 0.25) is 0 Å². The monoisotopic (exact) mass is 200 g/mol. The van der Waals surface area contributed by atoms with Gasteiger partial charge < -0.3 is 4.18 Å². The normalized spacial score (nSPS) is 10.8. The van der Waals surface area contributed by atoms with E-state index in [1.54, 1.807) is 18.2 Å². The summed E-state index contributed by atoms with van der Waals surface area (Å²) in [5.74, 6) is -0.844. The highest BCUT2D eigenvalue weighted by Gasteiger charge is 2.16. The summed E-state index contributed by atoms with van der Waals surface area (Å²) in [4.78, 5) is 10.4. The van der Waals surface area contributed by atoms with Crippen molar-refractivity contribution in [1.29, 1.82) is 0 Å². The van der Waals surface area contributed by atoms with E-state index in [1.165, 1.54) is 12.1 Å². The van der Waals surface area contributed by atoms with Gasteiger partial charge in [-0.1, -0.05) is 18.2 Å². The first-order valence-corrected chi connectivity index (χ1v) is 4.93. The van der Waals surface area contributed by atoms with Crippen LogP contribution in [0, 0.1) is 0 Å². The topological polar surface area (TPSA) is 60.4 Å². The van der Waals surface area contributed by atoms with Crippen molar-refractivity contribution in [3.8, 4) is 0 Å². The van der Waals surface area contributed by atoms with Gasteiger partial charge in [-0.3, -0.25) is 4.79 Å². The van der Waals surface area contributed by atoms with Crippen LogP contribution in [0.4, 0.5) is 0 Å². The van der Waals surface area contributed by atoms with Crippen LogP contribution in [-0.4, -0.2) is 14.4 Å². The Morgan fingerprint density at radius 1 is 1.23 bits per heavy atom. The number of carbonyl (C=O) groups is 1. The zero-order valence-electron chi connectivity index (χ0n) is 6.93. The van der Waals surface area contributed by atoms with Crippen LogP contribution in [0.2, 0.25) is 0 Å². The number of carbonyl (C=O) groups excluding carboxylic acids is 1. The second-order valence-electron chi connectivity index (χ2n) is 2.34. The van der Waals surface area contributed by atoms with Gasteiger partial charge in [0.05, 0.1) is 0 Å². The van der Waals surface area contributed by atoms with Crippen molar-refractivity contribution in [2.75, 3.05) is 0 Å². The second kappa shape index (κ2) is 3.57. The Balaban J connectivity index is 3.02. The maximum atomic E-state index is 11.2. The lowest BCUT2D eigenvalue weighted by atomic mass is 10.4. The minimum absolute atomic E-state index is 0.0230. The lowest BCUT2D eigenvalue weighted by Crippen LogP contribution is -2.09. The van der Waals surface area contributed by atoms with Gasteiger partial charge in [0.15, 0.2) is 0 Å². The second-order valence-corrected chi connectivity index (χ2v) is 3.89. The van der Waals surface area contributed by atoms with Crippen molar-refractivity contribution in [1.82, 2.24) is 0 Å². The van der Waals surface area contributed by atoms with Crippen LogP contribution in [0.5, 0.6) is 0 Å². The van der Waals surface area contributed by atoms with Crippen LogP contribution >= 0.6 is 0 Å². The van der Waals surface area contributed by atoms with Crippen molar-refractivity contribution in [3.63, 3.8) is 0 Å². The Bertz CT molecular complexity index is 393. The van der Waals surface area contributed by atoms with Crippen molar-refractivity contribution in [3.05, 3.63) is 30.3 Å². The van der Waals surface area contributed by atoms with E-state index in [0.717, 1.165) is 6.92 Å². The summed E-state index contributed by atoms with van der Waals surface area (Å²) in [6.07, 6.45) is 0. The summed E-state index contributed by atoms with van der Waals surface area (Å²) in [7, 11) is -3.91. The molecule has 0 amide bonds. The molecule has 0 heterocycles. The quantitative estimate of drug-likeness (QED) is 0.666. The highest BCUT2D eigenvalue weighted by atomic mass is 32.2. The highest BCUT2D eigenvalue weighted by molar-refractivity contribution is 7.87. The fourth-order valence-corrected chi connectivity index (χ4v) is 1.69. The molecule has 0 fully saturated rings. The van der Waals surface area contributed by atoms with Gasteiger partial charge in [0.25, 0.3) is 0 Å². The van der Waals surface area contributed by atoms with Crippen LogP contribution in [0.15, 0.2) is 35.2 Å². The van der Waals surface area contributed by atoms with Gasteiger partial charge in [-0.2, -0.15) is 8.42 Å². The molecule has 0 N–H and O–H groups in total. The summed E-state index contributed by atoms with van der Waals surface area (Å²) >= 11 is 0. The molecule has 0 aliphatic rings. The molecule has 1 aromatic rings. The van der Waals surface area contributed by atoms with Gasteiger partial charge in [-0.25, -0.2) is 0 Å². The molecule has 0 spiro atoms. The van der Waals surface area contributed by atoms with Gasteiger partial charge >= 0.3 is 16.1 Å². The number of hydrogen-bond acceptors (Lipinski definition) is 4. The molecule has 5 heteroatoms. The molecule has 0 saturated carbocycles. The van der Waals surface area contributed by atoms with Crippen molar-refractivity contribution >= 4 is 16.1 Å². The van der Waals surface area contributed by atoms with Crippen LogP contribution in [0.3, 0.4) is 0 Å². The standard InChI is InChI=1S/C8H8O4S/c1-7(9)12-13(10,11)8-5-3-2-4-6-8/h2-6H,1H3. The summed E-state index contributed by atoms with van der Waals surface area (Å²) in [6.45, 7) is 1.04. The van der Waals surface area contributed by atoms with Crippen molar-refractivity contribution in [2.45, 2.75) is 11.8 Å². The smallest absolute Gasteiger partial charge is 0.341 e. The average molecular weight is 200 g/mol. The molecule has 0 atom stereocenters. The van der Waals surface area contributed by atoms with E-state index in [4.69, 9.17) is 0 Å². The van der Waals surface area contributed by atoms with E-state index in [2.05, 4.69) is 4.18 Å². The van der Waals surface area contributed by atoms with Crippen molar-refractivity contribution in [2.24, 2.45) is 0 Å². The van der Waals surface area contributed by atoms with E-state index in [-0.39, 0.29) is 4.90 Å². The first-order chi connectivity index (χ1) is 6.02. The molecular formula is C8H8O4S. The Morgan fingerprint density at radius 3 is 2.23 bits per heavy atom. The molecule has 0 unspecified atom stereocenters. The molecule has 1 rings (SSSR count). The van der Waals surface area contributed by atoms with Gasteiger partial charge in [-0.05, 0) is 12.1 Å². The lowest BCUT2D eigenvalue weighted by molar-refractivity contribution is -0.131. The van der Waals surface area contributed by atoms with E-state index < -0.39 is 16.1 Å². The molecule has 0 radical (unpaired) electrons. The van der Waals surface area contributed by atoms with Crippen molar-refractivity contribution < 1.29 is 17.4 Å². The molecule has 4 nitrogen and oxygen atoms in total. The predicted molar refractivity (Wildman–Crippen MR) is 45.4 cm³/mol. The Kier molecular flexibility index (Phi) is 2.67. The SMILES string of the molecule is CC(=O)OS(=O)(=O)c1ccccc1. The zero-order valence-corrected chi connectivity index (χ0v) is 7.74. The van der Waals surface area contributed by atoms with Gasteiger partial charge in [0.1, 0.15) is 4.90 Å².